The van der Waals surface area contributed by atoms with E-state index in [0.717, 1.165) is 11.1 Å². The first-order chi connectivity index (χ1) is 56.4. The molecule has 0 bridgehead atoms. The van der Waals surface area contributed by atoms with Crippen molar-refractivity contribution >= 4 is 119 Å². The summed E-state index contributed by atoms with van der Waals surface area (Å²) in [6.07, 6.45) is 2.90. The Balaban J connectivity index is 1.06. The molecule has 3 aliphatic rings. The highest BCUT2D eigenvalue weighted by Crippen LogP contribution is 2.28. The molecule has 0 aliphatic carbocycles. The Kier molecular flexibility index (Phi) is 46.1. The number of nitrogens with one attached hydrogen (secondary N) is 6. The van der Waals surface area contributed by atoms with Gasteiger partial charge >= 0.3 is 23.9 Å². The lowest BCUT2D eigenvalue weighted by molar-refractivity contribution is -0.146. The number of ether oxygens (including phenoxy) is 3. The van der Waals surface area contributed by atoms with Gasteiger partial charge in [-0.15, -0.1) is 0 Å². The number of aliphatic hydroxyl groups excluding tert-OH is 1. The van der Waals surface area contributed by atoms with Gasteiger partial charge in [-0.3, -0.25) is 86.6 Å². The molecule has 118 heavy (non-hydrogen) atoms. The van der Waals surface area contributed by atoms with Crippen LogP contribution in [0.2, 0.25) is 0 Å². The number of thioether (sulfide) groups is 2. The first-order valence-electron chi connectivity index (χ1n) is 40.2. The molecule has 0 spiro atoms. The van der Waals surface area contributed by atoms with E-state index in [1.54, 1.807) is 45.0 Å². The second-order valence-electron chi connectivity index (χ2n) is 29.4. The molecule has 3 unspecified atom stereocenters. The van der Waals surface area contributed by atoms with Crippen LogP contribution >= 0.6 is 23.5 Å². The van der Waals surface area contributed by atoms with E-state index < -0.39 is 150 Å². The largest absolute Gasteiger partial charge is 0.481 e. The van der Waals surface area contributed by atoms with Gasteiger partial charge in [0.15, 0.2) is 0 Å². The van der Waals surface area contributed by atoms with Crippen LogP contribution in [0.15, 0.2) is 59.6 Å². The number of aliphatic carboxylic acids is 4. The Morgan fingerprint density at radius 1 is 0.542 bits per heavy atom. The number of aliphatic hydroxyl groups is 1. The van der Waals surface area contributed by atoms with Crippen LogP contribution in [0.5, 0.6) is 0 Å². The smallest absolute Gasteiger partial charge is 0.320 e. The van der Waals surface area contributed by atoms with Gasteiger partial charge in [0, 0.05) is 140 Å². The van der Waals surface area contributed by atoms with Crippen LogP contribution in [0.1, 0.15) is 134 Å². The first kappa shape index (κ1) is 99.3. The molecule has 3 fully saturated rings. The lowest BCUT2D eigenvalue weighted by Gasteiger charge is -2.31. The highest BCUT2D eigenvalue weighted by atomic mass is 32.2. The van der Waals surface area contributed by atoms with Gasteiger partial charge in [0.05, 0.1) is 57.5 Å². The van der Waals surface area contributed by atoms with E-state index in [2.05, 4.69) is 36.9 Å². The van der Waals surface area contributed by atoms with Gasteiger partial charge in [0.2, 0.25) is 59.1 Å². The number of carboxylic acids is 4. The number of unbranched alkanes of at least 4 members (excludes halogenated alkanes) is 1. The summed E-state index contributed by atoms with van der Waals surface area (Å²) in [5.41, 5.74) is 13.8. The van der Waals surface area contributed by atoms with Crippen molar-refractivity contribution in [1.29, 1.82) is 0 Å². The van der Waals surface area contributed by atoms with Crippen molar-refractivity contribution in [3.05, 3.63) is 71.3 Å². The standard InChI is InChI=1S/C79H120N14O23S2/c1-4-5-18-58(85-67(97)25-24-66(96)83-28-13-38-115-40-42-116-41-39-114-37-12-27-82-65(95)23-22-64(79(112)113)91-35-33-89(46-69(100)101)31-32-90(34-36-91)47-70(102)103)74(107)84-45-57(77(110)93-30-11-20-63(93)78(111)92-29-10-19-62(92)72(81)105)50-117-48-55-16-9-17-56(43-55)49-118-51-61(71(80)104)88-76(109)60(44-54-14-7-6-8-15-54)87-75(108)59(21-26-68(98)99)86-73(106)52(2)53(3)94/h6-9,14-17,43,45,52-53,57-64,94H,4-5,10-13,18-42,44,46-51H2,1-3H3,(H2,80,104)(H2,81,105)(H,82,95)(H,83,96)(H,85,97)(H,86,106)(H,87,108)(H,88,109)(H,98,99)(H,100,101)(H,102,103)(H,112,113)/b84-45+/t52-,53+,57?,58-,59-,60-,61?,62-,63-,64?/m0/s1. The fraction of sp³-hybridized carbons (Fsp3) is 0.646. The summed E-state index contributed by atoms with van der Waals surface area (Å²) in [6.45, 7) is 8.53. The van der Waals surface area contributed by atoms with Crippen LogP contribution in [0, 0.1) is 11.8 Å². The van der Waals surface area contributed by atoms with Gasteiger partial charge in [-0.05, 0) is 81.4 Å². The van der Waals surface area contributed by atoms with Gasteiger partial charge in [0.1, 0.15) is 42.3 Å². The summed E-state index contributed by atoms with van der Waals surface area (Å²) in [5.74, 6) is -12.5. The van der Waals surface area contributed by atoms with E-state index in [9.17, 15) is 97.5 Å². The summed E-state index contributed by atoms with van der Waals surface area (Å²) < 4.78 is 16.8. The third-order valence-corrected chi connectivity index (χ3v) is 22.3. The predicted octanol–water partition coefficient (Wildman–Crippen LogP) is -0.262. The zero-order chi connectivity index (χ0) is 86.5. The number of benzene rings is 2. The normalized spacial score (nSPS) is 17.6. The van der Waals surface area contributed by atoms with Gasteiger partial charge in [-0.2, -0.15) is 23.5 Å². The number of nitrogens with zero attached hydrogens (tertiary/aromatic N) is 6. The number of amides is 11. The van der Waals surface area contributed by atoms with Crippen molar-refractivity contribution in [2.24, 2.45) is 28.3 Å². The number of rotatable bonds is 56. The zero-order valence-electron chi connectivity index (χ0n) is 67.7. The molecule has 5 rings (SSSR count). The van der Waals surface area contributed by atoms with Crippen LogP contribution in [0.3, 0.4) is 0 Å². The maximum atomic E-state index is 14.8. The Labute approximate surface area is 696 Å². The van der Waals surface area contributed by atoms with Gasteiger partial charge in [0.25, 0.3) is 5.91 Å². The summed E-state index contributed by atoms with van der Waals surface area (Å²) >= 11 is 2.64. The zero-order valence-corrected chi connectivity index (χ0v) is 69.3. The molecule has 10 atom stereocenters. The van der Waals surface area contributed by atoms with Crippen LogP contribution in [0.25, 0.3) is 0 Å². The topological polar surface area (TPSA) is 538 Å². The number of carbonyl (C=O) groups excluding carboxylic acids is 11. The third kappa shape index (κ3) is 37.8. The molecule has 3 heterocycles. The number of carbonyl (C=O) groups is 15. The molecular weight excluding hydrogens is 1580 g/mol. The minimum absolute atomic E-state index is 0.000386. The second-order valence-corrected chi connectivity index (χ2v) is 31.4. The maximum Gasteiger partial charge on any atom is 0.320 e. The first-order valence-corrected chi connectivity index (χ1v) is 42.5. The molecule has 0 radical (unpaired) electrons. The van der Waals surface area contributed by atoms with Crippen molar-refractivity contribution < 1.29 is 112 Å². The maximum absolute atomic E-state index is 14.8. The van der Waals surface area contributed by atoms with Crippen molar-refractivity contribution in [3.8, 4) is 0 Å². The molecule has 11 amide bonds. The number of primary amides is 2. The van der Waals surface area contributed by atoms with E-state index in [0.29, 0.717) is 101 Å². The number of nitrogens with two attached hydrogens (primary N) is 2. The Morgan fingerprint density at radius 3 is 1.63 bits per heavy atom. The number of hydrogen-bond donors (Lipinski definition) is 13. The minimum Gasteiger partial charge on any atom is -0.481 e. The fourth-order valence-corrected chi connectivity index (χ4v) is 15.3. The Hall–Kier alpha value is -9.22. The number of hydrogen-bond acceptors (Lipinski definition) is 24. The van der Waals surface area contributed by atoms with E-state index >= 15 is 0 Å². The summed E-state index contributed by atoms with van der Waals surface area (Å²) in [7, 11) is 0. The van der Waals surface area contributed by atoms with Crippen molar-refractivity contribution in [2.75, 3.05) is 130 Å². The highest BCUT2D eigenvalue weighted by molar-refractivity contribution is 7.98. The molecule has 0 aromatic heterocycles. The van der Waals surface area contributed by atoms with E-state index in [1.165, 1.54) is 53.4 Å². The minimum atomic E-state index is -1.40. The lowest BCUT2D eigenvalue weighted by Crippen LogP contribution is -2.58. The Bertz CT molecular complexity index is 3620. The van der Waals surface area contributed by atoms with E-state index in [-0.39, 0.29) is 148 Å². The number of aliphatic imine (C=N–C) groups is 1. The van der Waals surface area contributed by atoms with Crippen LogP contribution in [-0.2, 0) is 104 Å². The number of carboxylic acid groups (broad SMARTS) is 4. The molecule has 37 nitrogen and oxygen atoms in total. The molecule has 3 aliphatic heterocycles. The average Bonchev–Trinajstić information content (AvgIpc) is 1.65. The SMILES string of the molecule is CCCC[C@H](NC(=O)CCC(=O)NCCCOCCOCCOCCCNC(=O)CCC(C(=O)O)N1CCN(CC(=O)O)CCN(CC(=O)O)CC1)C(=O)/N=C/C(CSCc1cccc(CSCC(NC(=O)[C@H](Cc2ccccc2)NC(=O)[C@H](CCC(=O)O)NC(=O)[C@@H](C)[C@@H](C)O)C(N)=O)c1)C(=O)N1CCC[C@H]1C(=O)N1CCC[C@H]1C(N)=O. The van der Waals surface area contributed by atoms with Gasteiger partial charge in [-0.1, -0.05) is 81.3 Å². The van der Waals surface area contributed by atoms with Crippen LogP contribution in [0.4, 0.5) is 0 Å². The third-order valence-electron chi connectivity index (χ3n) is 20.1. The fourth-order valence-electron chi connectivity index (χ4n) is 13.3. The van der Waals surface area contributed by atoms with E-state index in [4.69, 9.17) is 25.7 Å². The number of likely N-dealkylation sites (tertiary alicyclic amines) is 2. The molecule has 2 aromatic rings. The quantitative estimate of drug-likeness (QED) is 0.0300. The van der Waals surface area contributed by atoms with Gasteiger partial charge < -0.3 is 92.9 Å². The highest BCUT2D eigenvalue weighted by Gasteiger charge is 2.43. The van der Waals surface area contributed by atoms with Gasteiger partial charge in [-0.25, -0.2) is 4.99 Å². The second kappa shape index (κ2) is 54.8. The van der Waals surface area contributed by atoms with E-state index in [1.807, 2.05) is 31.2 Å². The molecule has 15 N–H and O–H groups in total. The van der Waals surface area contributed by atoms with Crippen molar-refractivity contribution in [3.63, 3.8) is 0 Å². The molecule has 39 heteroatoms. The summed E-state index contributed by atoms with van der Waals surface area (Å²) in [5, 5.41) is 64.2. The molecular formula is C79H120N14O23S2. The van der Waals surface area contributed by atoms with Crippen molar-refractivity contribution in [1.82, 2.24) is 56.4 Å². The summed E-state index contributed by atoms with van der Waals surface area (Å²) in [6, 6.07) is 8.32. The molecule has 656 valence electrons. The van der Waals surface area contributed by atoms with Crippen LogP contribution in [-0.4, -0.2) is 323 Å². The molecule has 2 aromatic carbocycles. The monoisotopic (exact) mass is 1700 g/mol. The summed E-state index contributed by atoms with van der Waals surface area (Å²) in [4.78, 5) is 207. The molecule has 0 saturated carbocycles. The average molecular weight is 1700 g/mol. The lowest BCUT2D eigenvalue weighted by atomic mass is 10.0. The predicted molar refractivity (Wildman–Crippen MR) is 436 cm³/mol. The Morgan fingerprint density at radius 2 is 1.07 bits per heavy atom. The van der Waals surface area contributed by atoms with Crippen LogP contribution < -0.4 is 43.4 Å². The molecule has 3 saturated heterocycles. The van der Waals surface area contributed by atoms with Crippen molar-refractivity contribution in [2.45, 2.75) is 183 Å².